The zero-order valence-corrected chi connectivity index (χ0v) is 10.0. The van der Waals surface area contributed by atoms with Crippen LogP contribution in [-0.4, -0.2) is 0 Å². The summed E-state index contributed by atoms with van der Waals surface area (Å²) in [5.41, 5.74) is 8.72. The van der Waals surface area contributed by atoms with Gasteiger partial charge in [0, 0.05) is 10.5 Å². The highest BCUT2D eigenvalue weighted by Gasteiger charge is 2.25. The summed E-state index contributed by atoms with van der Waals surface area (Å²) >= 11 is 3.56. The van der Waals surface area contributed by atoms with Crippen LogP contribution in [0, 0.1) is 12.8 Å². The van der Waals surface area contributed by atoms with Crippen LogP contribution in [0.5, 0.6) is 0 Å². The third-order valence-corrected chi connectivity index (χ3v) is 3.56. The summed E-state index contributed by atoms with van der Waals surface area (Å²) in [6.45, 7) is 2.11. The zero-order valence-electron chi connectivity index (χ0n) is 8.46. The molecule has 1 fully saturated rings. The van der Waals surface area contributed by atoms with Gasteiger partial charge in [-0.3, -0.25) is 0 Å². The van der Waals surface area contributed by atoms with Gasteiger partial charge in [-0.1, -0.05) is 46.5 Å². The maximum Gasteiger partial charge on any atom is 0.0308 e. The first-order chi connectivity index (χ1) is 6.66. The molecule has 0 bridgehead atoms. The Hall–Kier alpha value is -0.340. The molecule has 1 aliphatic carbocycles. The third kappa shape index (κ3) is 2.37. The van der Waals surface area contributed by atoms with E-state index in [4.69, 9.17) is 5.73 Å². The molecule has 2 N–H and O–H groups in total. The maximum absolute atomic E-state index is 6.18. The van der Waals surface area contributed by atoms with Crippen molar-refractivity contribution in [3.05, 3.63) is 33.8 Å². The second kappa shape index (κ2) is 4.03. The van der Waals surface area contributed by atoms with Gasteiger partial charge in [0.05, 0.1) is 0 Å². The van der Waals surface area contributed by atoms with Gasteiger partial charge in [0.1, 0.15) is 0 Å². The van der Waals surface area contributed by atoms with Gasteiger partial charge in [-0.25, -0.2) is 0 Å². The normalized spacial score (nSPS) is 18.2. The SMILES string of the molecule is Cc1ccc(Br)c([C@H](N)CC2CC2)c1. The topological polar surface area (TPSA) is 26.0 Å². The van der Waals surface area contributed by atoms with Gasteiger partial charge in [-0.2, -0.15) is 0 Å². The van der Waals surface area contributed by atoms with Crippen LogP contribution >= 0.6 is 15.9 Å². The van der Waals surface area contributed by atoms with E-state index in [0.717, 1.165) is 16.8 Å². The predicted octanol–water partition coefficient (Wildman–Crippen LogP) is 3.56. The first kappa shape index (κ1) is 10.2. The van der Waals surface area contributed by atoms with Gasteiger partial charge >= 0.3 is 0 Å². The maximum atomic E-state index is 6.18. The van der Waals surface area contributed by atoms with E-state index in [-0.39, 0.29) is 6.04 Å². The lowest BCUT2D eigenvalue weighted by molar-refractivity contribution is 0.595. The van der Waals surface area contributed by atoms with Crippen LogP contribution in [0.2, 0.25) is 0 Å². The smallest absolute Gasteiger partial charge is 0.0308 e. The van der Waals surface area contributed by atoms with Gasteiger partial charge in [-0.05, 0) is 30.9 Å². The van der Waals surface area contributed by atoms with Crippen molar-refractivity contribution in [1.29, 1.82) is 0 Å². The van der Waals surface area contributed by atoms with Gasteiger partial charge in [0.15, 0.2) is 0 Å². The van der Waals surface area contributed by atoms with Crippen LogP contribution < -0.4 is 5.73 Å². The molecule has 0 aromatic heterocycles. The van der Waals surface area contributed by atoms with Crippen LogP contribution in [0.4, 0.5) is 0 Å². The van der Waals surface area contributed by atoms with Gasteiger partial charge < -0.3 is 5.73 Å². The van der Waals surface area contributed by atoms with Crippen molar-refractivity contribution in [2.75, 3.05) is 0 Å². The summed E-state index contributed by atoms with van der Waals surface area (Å²) in [5.74, 6) is 0.886. The van der Waals surface area contributed by atoms with E-state index in [9.17, 15) is 0 Å². The Labute approximate surface area is 93.8 Å². The Morgan fingerprint density at radius 3 is 2.86 bits per heavy atom. The summed E-state index contributed by atoms with van der Waals surface area (Å²) < 4.78 is 1.15. The van der Waals surface area contributed by atoms with E-state index in [1.165, 1.54) is 24.0 Å². The van der Waals surface area contributed by atoms with Crippen LogP contribution in [0.3, 0.4) is 0 Å². The molecule has 0 heterocycles. The van der Waals surface area contributed by atoms with Crippen molar-refractivity contribution < 1.29 is 0 Å². The van der Waals surface area contributed by atoms with E-state index in [1.807, 2.05) is 0 Å². The van der Waals surface area contributed by atoms with Crippen LogP contribution in [0.25, 0.3) is 0 Å². The Kier molecular flexibility index (Phi) is 2.93. The minimum atomic E-state index is 0.205. The van der Waals surface area contributed by atoms with Gasteiger partial charge in [0.2, 0.25) is 0 Å². The number of halogens is 1. The lowest BCUT2D eigenvalue weighted by atomic mass is 10.0. The fourth-order valence-corrected chi connectivity index (χ4v) is 2.33. The Balaban J connectivity index is 2.15. The number of hydrogen-bond donors (Lipinski definition) is 1. The summed E-state index contributed by atoms with van der Waals surface area (Å²) in [5, 5.41) is 0. The van der Waals surface area contributed by atoms with Crippen LogP contribution in [0.1, 0.15) is 36.4 Å². The van der Waals surface area contributed by atoms with Crippen LogP contribution in [-0.2, 0) is 0 Å². The molecule has 1 saturated carbocycles. The summed E-state index contributed by atoms with van der Waals surface area (Å²) in [4.78, 5) is 0. The standard InChI is InChI=1S/C12H16BrN/c1-8-2-5-11(13)10(6-8)12(14)7-9-3-4-9/h2,5-6,9,12H,3-4,7,14H2,1H3/t12-/m1/s1. The molecule has 76 valence electrons. The molecule has 1 nitrogen and oxygen atoms in total. The van der Waals surface area contributed by atoms with Gasteiger partial charge in [-0.15, -0.1) is 0 Å². The molecule has 2 heteroatoms. The summed E-state index contributed by atoms with van der Waals surface area (Å²) in [7, 11) is 0. The van der Waals surface area contributed by atoms with Crippen molar-refractivity contribution in [2.45, 2.75) is 32.2 Å². The summed E-state index contributed by atoms with van der Waals surface area (Å²) in [6, 6.07) is 6.60. The van der Waals surface area contributed by atoms with Crippen molar-refractivity contribution in [3.8, 4) is 0 Å². The Morgan fingerprint density at radius 2 is 2.21 bits per heavy atom. The minimum absolute atomic E-state index is 0.205. The van der Waals surface area contributed by atoms with E-state index in [1.54, 1.807) is 0 Å². The minimum Gasteiger partial charge on any atom is -0.324 e. The van der Waals surface area contributed by atoms with Crippen molar-refractivity contribution >= 4 is 15.9 Å². The highest BCUT2D eigenvalue weighted by atomic mass is 79.9. The molecule has 2 rings (SSSR count). The number of aryl methyl sites for hydroxylation is 1. The van der Waals surface area contributed by atoms with Crippen LogP contribution in [0.15, 0.2) is 22.7 Å². The molecular weight excluding hydrogens is 238 g/mol. The molecule has 0 amide bonds. The molecule has 0 aliphatic heterocycles. The lowest BCUT2D eigenvalue weighted by Crippen LogP contribution is -2.11. The molecule has 0 radical (unpaired) electrons. The van der Waals surface area contributed by atoms with Crippen molar-refractivity contribution in [2.24, 2.45) is 11.7 Å². The molecule has 0 spiro atoms. The quantitative estimate of drug-likeness (QED) is 0.876. The molecule has 0 saturated heterocycles. The molecule has 1 aromatic rings. The molecule has 0 unspecified atom stereocenters. The zero-order chi connectivity index (χ0) is 10.1. The van der Waals surface area contributed by atoms with E-state index >= 15 is 0 Å². The van der Waals surface area contributed by atoms with Crippen molar-refractivity contribution in [1.82, 2.24) is 0 Å². The van der Waals surface area contributed by atoms with E-state index < -0.39 is 0 Å². The molecular formula is C12H16BrN. The lowest BCUT2D eigenvalue weighted by Gasteiger charge is -2.14. The largest absolute Gasteiger partial charge is 0.324 e. The first-order valence-corrected chi connectivity index (χ1v) is 5.98. The third-order valence-electron chi connectivity index (χ3n) is 2.84. The predicted molar refractivity (Wildman–Crippen MR) is 63.1 cm³/mol. The van der Waals surface area contributed by atoms with E-state index in [0.29, 0.717) is 0 Å². The van der Waals surface area contributed by atoms with Gasteiger partial charge in [0.25, 0.3) is 0 Å². The average molecular weight is 254 g/mol. The molecule has 1 aliphatic rings. The molecule has 1 aromatic carbocycles. The summed E-state index contributed by atoms with van der Waals surface area (Å²) in [6.07, 6.45) is 3.89. The second-order valence-electron chi connectivity index (χ2n) is 4.31. The fourth-order valence-electron chi connectivity index (χ4n) is 1.79. The van der Waals surface area contributed by atoms with Crippen molar-refractivity contribution in [3.63, 3.8) is 0 Å². The number of benzene rings is 1. The highest BCUT2D eigenvalue weighted by Crippen LogP contribution is 2.38. The van der Waals surface area contributed by atoms with E-state index in [2.05, 4.69) is 41.1 Å². The highest BCUT2D eigenvalue weighted by molar-refractivity contribution is 9.10. The second-order valence-corrected chi connectivity index (χ2v) is 5.16. The molecule has 1 atom stereocenters. The fraction of sp³-hybridized carbons (Fsp3) is 0.500. The number of rotatable bonds is 3. The number of hydrogen-bond acceptors (Lipinski definition) is 1. The Morgan fingerprint density at radius 1 is 1.50 bits per heavy atom. The number of nitrogens with two attached hydrogens (primary N) is 1. The average Bonchev–Trinajstić information content (AvgIpc) is 2.93. The Bertz CT molecular complexity index is 331. The monoisotopic (exact) mass is 253 g/mol. The first-order valence-electron chi connectivity index (χ1n) is 5.18. The molecule has 14 heavy (non-hydrogen) atoms.